The van der Waals surface area contributed by atoms with Gasteiger partial charge in [0.05, 0.1) is 26.0 Å². The van der Waals surface area contributed by atoms with Gasteiger partial charge in [-0.05, 0) is 50.6 Å². The van der Waals surface area contributed by atoms with Crippen LogP contribution in [0.25, 0.3) is 0 Å². The van der Waals surface area contributed by atoms with Crippen molar-refractivity contribution < 1.29 is 24.0 Å². The number of ether oxygens (including phenoxy) is 1. The number of aryl methyl sites for hydroxylation is 1. The maximum atomic E-state index is 12.7. The number of nitrogens with zero attached hydrogens (tertiary/aromatic N) is 1. The lowest BCUT2D eigenvalue weighted by Crippen LogP contribution is -3.11. The van der Waals surface area contributed by atoms with E-state index in [1.165, 1.54) is 6.92 Å². The number of hydrogen-bond donors (Lipinski definition) is 3. The number of nitrogens with one attached hydrogen (secondary N) is 3. The van der Waals surface area contributed by atoms with E-state index < -0.39 is 0 Å². The molecule has 1 amide bonds. The van der Waals surface area contributed by atoms with E-state index in [9.17, 15) is 14.4 Å². The van der Waals surface area contributed by atoms with E-state index in [1.54, 1.807) is 20.9 Å². The fraction of sp³-hybridized carbons (Fsp3) is 0.435. The number of ketones is 2. The highest BCUT2D eigenvalue weighted by Crippen LogP contribution is 2.19. The molecule has 31 heavy (non-hydrogen) atoms. The van der Waals surface area contributed by atoms with Gasteiger partial charge in [-0.2, -0.15) is 0 Å². The van der Waals surface area contributed by atoms with Crippen LogP contribution in [0.2, 0.25) is 0 Å². The number of carbonyl (C=O) groups excluding carboxylic acids is 3. The third kappa shape index (κ3) is 5.59. The van der Waals surface area contributed by atoms with Crippen LogP contribution in [0.4, 0.5) is 11.4 Å². The minimum Gasteiger partial charge on any atom is -0.378 e. The number of H-pyrrole nitrogens is 1. The molecule has 2 heterocycles. The number of rotatable bonds is 8. The first-order valence-corrected chi connectivity index (χ1v) is 10.5. The third-order valence-electron chi connectivity index (χ3n) is 5.52. The Morgan fingerprint density at radius 1 is 1.10 bits per heavy atom. The SMILES string of the molecule is CC(=O)c1c(C)[nH]c(C(=O)C[NH+](C)CC(=O)Nc2ccc(N3CCOCC3)cc2)c1C. The van der Waals surface area contributed by atoms with E-state index in [2.05, 4.69) is 15.2 Å². The van der Waals surface area contributed by atoms with Gasteiger partial charge in [-0.25, -0.2) is 0 Å². The fourth-order valence-electron chi connectivity index (χ4n) is 4.04. The van der Waals surface area contributed by atoms with E-state index in [1.807, 2.05) is 24.3 Å². The minimum absolute atomic E-state index is 0.0648. The zero-order valence-electron chi connectivity index (χ0n) is 18.6. The molecule has 1 aliphatic heterocycles. The molecule has 8 heteroatoms. The minimum atomic E-state index is -0.159. The lowest BCUT2D eigenvalue weighted by atomic mass is 10.1. The largest absolute Gasteiger partial charge is 0.378 e. The van der Waals surface area contributed by atoms with Gasteiger partial charge < -0.3 is 24.8 Å². The fourth-order valence-corrected chi connectivity index (χ4v) is 4.04. The number of amides is 1. The Balaban J connectivity index is 1.53. The first-order valence-electron chi connectivity index (χ1n) is 10.5. The second kappa shape index (κ2) is 9.89. The topological polar surface area (TPSA) is 95.9 Å². The zero-order chi connectivity index (χ0) is 22.5. The highest BCUT2D eigenvalue weighted by atomic mass is 16.5. The number of benzene rings is 1. The van der Waals surface area contributed by atoms with Crippen molar-refractivity contribution in [3.05, 3.63) is 46.8 Å². The molecular formula is C23H31N4O4+. The molecule has 8 nitrogen and oxygen atoms in total. The summed E-state index contributed by atoms with van der Waals surface area (Å²) >= 11 is 0. The molecule has 3 rings (SSSR count). The first kappa shape index (κ1) is 22.7. The van der Waals surface area contributed by atoms with Gasteiger partial charge in [0.15, 0.2) is 12.3 Å². The monoisotopic (exact) mass is 427 g/mol. The van der Waals surface area contributed by atoms with E-state index in [0.717, 1.165) is 42.6 Å². The molecule has 1 atom stereocenters. The molecule has 0 radical (unpaired) electrons. The number of anilines is 2. The summed E-state index contributed by atoms with van der Waals surface area (Å²) in [4.78, 5) is 42.9. The Bertz CT molecular complexity index is 959. The number of aromatic nitrogens is 1. The van der Waals surface area contributed by atoms with Crippen LogP contribution >= 0.6 is 0 Å². The molecule has 0 bridgehead atoms. The molecule has 1 aliphatic rings. The number of Topliss-reactive ketones (excluding diaryl/α,β-unsaturated/α-hetero) is 2. The number of quaternary nitrogens is 1. The van der Waals surface area contributed by atoms with E-state index in [0.29, 0.717) is 22.5 Å². The van der Waals surface area contributed by atoms with Crippen LogP contribution < -0.4 is 15.1 Å². The standard InChI is InChI=1S/C23H30N4O4/c1-15-22(17(3)28)16(2)24-23(15)20(29)13-26(4)14-21(30)25-18-5-7-19(8-6-18)27-9-11-31-12-10-27/h5-8,24H,9-14H2,1-4H3,(H,25,30)/p+1. The van der Waals surface area contributed by atoms with Crippen molar-refractivity contribution in [1.29, 1.82) is 0 Å². The van der Waals surface area contributed by atoms with Gasteiger partial charge in [0.25, 0.3) is 5.91 Å². The third-order valence-corrected chi connectivity index (χ3v) is 5.52. The number of hydrogen-bond acceptors (Lipinski definition) is 5. The van der Waals surface area contributed by atoms with Gasteiger partial charge >= 0.3 is 0 Å². The smallest absolute Gasteiger partial charge is 0.279 e. The van der Waals surface area contributed by atoms with Crippen molar-refractivity contribution >= 4 is 28.8 Å². The van der Waals surface area contributed by atoms with Gasteiger partial charge in [-0.15, -0.1) is 0 Å². The quantitative estimate of drug-likeness (QED) is 0.547. The molecule has 0 saturated carbocycles. The highest BCUT2D eigenvalue weighted by Gasteiger charge is 2.23. The Hall–Kier alpha value is -2.97. The molecule has 3 N–H and O–H groups in total. The van der Waals surface area contributed by atoms with Crippen molar-refractivity contribution in [3.63, 3.8) is 0 Å². The van der Waals surface area contributed by atoms with Crippen molar-refractivity contribution in [2.24, 2.45) is 0 Å². The summed E-state index contributed by atoms with van der Waals surface area (Å²) in [6.07, 6.45) is 0. The molecule has 1 fully saturated rings. The molecular weight excluding hydrogens is 396 g/mol. The molecule has 0 aliphatic carbocycles. The van der Waals surface area contributed by atoms with Crippen molar-refractivity contribution in [2.75, 3.05) is 56.7 Å². The summed E-state index contributed by atoms with van der Waals surface area (Å²) in [5.41, 5.74) is 4.22. The maximum absolute atomic E-state index is 12.7. The Morgan fingerprint density at radius 2 is 1.74 bits per heavy atom. The van der Waals surface area contributed by atoms with Crippen LogP contribution in [0.1, 0.15) is 39.0 Å². The molecule has 1 aromatic heterocycles. The van der Waals surface area contributed by atoms with Crippen LogP contribution in [0.15, 0.2) is 24.3 Å². The van der Waals surface area contributed by atoms with Crippen LogP contribution in [0.3, 0.4) is 0 Å². The lowest BCUT2D eigenvalue weighted by Gasteiger charge is -2.28. The molecule has 166 valence electrons. The van der Waals surface area contributed by atoms with Crippen molar-refractivity contribution in [3.8, 4) is 0 Å². The Kier molecular flexibility index (Phi) is 7.25. The molecule has 1 unspecified atom stereocenters. The van der Waals surface area contributed by atoms with Crippen LogP contribution in [0, 0.1) is 13.8 Å². The van der Waals surface area contributed by atoms with Gasteiger partial charge in [0.1, 0.15) is 6.54 Å². The second-order valence-electron chi connectivity index (χ2n) is 8.11. The number of likely N-dealkylation sites (N-methyl/N-ethyl adjacent to an activating group) is 1. The van der Waals surface area contributed by atoms with Crippen LogP contribution in [0.5, 0.6) is 0 Å². The first-order chi connectivity index (χ1) is 14.8. The summed E-state index contributed by atoms with van der Waals surface area (Å²) in [7, 11) is 1.80. The molecule has 1 saturated heterocycles. The summed E-state index contributed by atoms with van der Waals surface area (Å²) in [6.45, 7) is 8.55. The summed E-state index contributed by atoms with van der Waals surface area (Å²) in [6, 6.07) is 7.75. The van der Waals surface area contributed by atoms with Gasteiger partial charge in [0.2, 0.25) is 5.78 Å². The average molecular weight is 428 g/mol. The van der Waals surface area contributed by atoms with E-state index >= 15 is 0 Å². The van der Waals surface area contributed by atoms with Crippen LogP contribution in [-0.2, 0) is 9.53 Å². The number of aromatic amines is 1. The Labute approximate surface area is 182 Å². The van der Waals surface area contributed by atoms with Crippen LogP contribution in [-0.4, -0.2) is 68.9 Å². The van der Waals surface area contributed by atoms with E-state index in [-0.39, 0.29) is 30.6 Å². The van der Waals surface area contributed by atoms with Gasteiger partial charge in [0, 0.05) is 35.7 Å². The summed E-state index contributed by atoms with van der Waals surface area (Å²) in [5.74, 6) is -0.341. The van der Waals surface area contributed by atoms with Gasteiger partial charge in [-0.3, -0.25) is 14.4 Å². The second-order valence-corrected chi connectivity index (χ2v) is 8.11. The van der Waals surface area contributed by atoms with Crippen molar-refractivity contribution in [1.82, 2.24) is 4.98 Å². The van der Waals surface area contributed by atoms with Gasteiger partial charge in [-0.1, -0.05) is 0 Å². The predicted octanol–water partition coefficient (Wildman–Crippen LogP) is 1.01. The van der Waals surface area contributed by atoms with Crippen molar-refractivity contribution in [2.45, 2.75) is 20.8 Å². The predicted molar refractivity (Wildman–Crippen MR) is 119 cm³/mol. The normalized spacial score (nSPS) is 14.9. The summed E-state index contributed by atoms with van der Waals surface area (Å²) in [5, 5.41) is 2.89. The molecule has 2 aromatic rings. The highest BCUT2D eigenvalue weighted by molar-refractivity contribution is 6.03. The summed E-state index contributed by atoms with van der Waals surface area (Å²) < 4.78 is 5.37. The average Bonchev–Trinajstić information content (AvgIpc) is 3.03. The van der Waals surface area contributed by atoms with E-state index in [4.69, 9.17) is 4.74 Å². The maximum Gasteiger partial charge on any atom is 0.279 e. The molecule has 0 spiro atoms. The lowest BCUT2D eigenvalue weighted by molar-refractivity contribution is -0.861. The molecule has 1 aromatic carbocycles. The zero-order valence-corrected chi connectivity index (χ0v) is 18.6. The number of carbonyl (C=O) groups is 3. The number of morpholine rings is 1. The Morgan fingerprint density at radius 3 is 2.32 bits per heavy atom.